The number of ether oxygens (including phenoxy) is 1. The zero-order valence-electron chi connectivity index (χ0n) is 12.0. The minimum absolute atomic E-state index is 0.106. The van der Waals surface area contributed by atoms with Crippen LogP contribution in [0.4, 0.5) is 18.9 Å². The molecule has 2 aromatic rings. The van der Waals surface area contributed by atoms with E-state index in [0.29, 0.717) is 6.07 Å². The van der Waals surface area contributed by atoms with E-state index in [1.807, 2.05) is 0 Å². The van der Waals surface area contributed by atoms with Crippen LogP contribution >= 0.6 is 11.6 Å². The number of amides is 1. The Morgan fingerprint density at radius 2 is 1.92 bits per heavy atom. The van der Waals surface area contributed by atoms with Crippen molar-refractivity contribution in [2.75, 3.05) is 0 Å². The molecule has 0 aliphatic rings. The zero-order chi connectivity index (χ0) is 18.8. The van der Waals surface area contributed by atoms with Crippen LogP contribution in [-0.2, 0) is 6.18 Å². The second-order valence-corrected chi connectivity index (χ2v) is 5.03. The molecule has 2 aromatic carbocycles. The molecule has 0 aliphatic carbocycles. The van der Waals surface area contributed by atoms with E-state index in [1.165, 1.54) is 5.48 Å². The van der Waals surface area contributed by atoms with Crippen LogP contribution in [0, 0.1) is 10.1 Å². The predicted octanol–water partition coefficient (Wildman–Crippen LogP) is 4.18. The van der Waals surface area contributed by atoms with Gasteiger partial charge in [-0.1, -0.05) is 11.6 Å². The van der Waals surface area contributed by atoms with Gasteiger partial charge in [-0.3, -0.25) is 20.1 Å². The molecule has 11 heteroatoms. The Kier molecular flexibility index (Phi) is 5.14. The van der Waals surface area contributed by atoms with E-state index in [4.69, 9.17) is 21.5 Å². The summed E-state index contributed by atoms with van der Waals surface area (Å²) in [6.45, 7) is 0. The van der Waals surface area contributed by atoms with Crippen LogP contribution in [-0.4, -0.2) is 16.0 Å². The van der Waals surface area contributed by atoms with Crippen molar-refractivity contribution in [2.24, 2.45) is 0 Å². The van der Waals surface area contributed by atoms with Crippen LogP contribution in [0.3, 0.4) is 0 Å². The maximum absolute atomic E-state index is 12.6. The van der Waals surface area contributed by atoms with Crippen molar-refractivity contribution < 1.29 is 32.8 Å². The van der Waals surface area contributed by atoms with Gasteiger partial charge in [0.1, 0.15) is 17.1 Å². The summed E-state index contributed by atoms with van der Waals surface area (Å²) in [5.41, 5.74) is -0.831. The number of benzene rings is 2. The summed E-state index contributed by atoms with van der Waals surface area (Å²) in [4.78, 5) is 21.5. The van der Waals surface area contributed by atoms with Gasteiger partial charge in [0.2, 0.25) is 0 Å². The maximum Gasteiger partial charge on any atom is 0.416 e. The van der Waals surface area contributed by atoms with Crippen molar-refractivity contribution >= 4 is 23.2 Å². The van der Waals surface area contributed by atoms with Crippen LogP contribution in [0.2, 0.25) is 5.02 Å². The summed E-state index contributed by atoms with van der Waals surface area (Å²) in [6, 6.07) is 5.38. The Morgan fingerprint density at radius 1 is 1.24 bits per heavy atom. The molecular weight excluding hydrogens is 369 g/mol. The molecule has 0 aliphatic heterocycles. The number of rotatable bonds is 4. The van der Waals surface area contributed by atoms with E-state index in [1.54, 1.807) is 0 Å². The SMILES string of the molecule is O=C(NO)c1cc(Oc2ccc(C(F)(F)F)cc2Cl)ccc1[N+](=O)[O-]. The monoisotopic (exact) mass is 376 g/mol. The number of hydrogen-bond donors (Lipinski definition) is 2. The second-order valence-electron chi connectivity index (χ2n) is 4.62. The lowest BCUT2D eigenvalue weighted by atomic mass is 10.1. The molecule has 0 saturated carbocycles. The quantitative estimate of drug-likeness (QED) is 0.473. The first kappa shape index (κ1) is 18.5. The first-order valence-corrected chi connectivity index (χ1v) is 6.78. The van der Waals surface area contributed by atoms with E-state index in [-0.39, 0.29) is 16.5 Å². The summed E-state index contributed by atoms with van der Waals surface area (Å²) in [7, 11) is 0. The topological polar surface area (TPSA) is 102 Å². The van der Waals surface area contributed by atoms with Gasteiger partial charge < -0.3 is 4.74 Å². The Balaban J connectivity index is 2.38. The van der Waals surface area contributed by atoms with Crippen molar-refractivity contribution in [3.63, 3.8) is 0 Å². The largest absolute Gasteiger partial charge is 0.456 e. The average molecular weight is 377 g/mol. The number of hydroxylamine groups is 1. The fraction of sp³-hybridized carbons (Fsp3) is 0.0714. The summed E-state index contributed by atoms with van der Waals surface area (Å²) >= 11 is 5.74. The summed E-state index contributed by atoms with van der Waals surface area (Å²) in [5, 5.41) is 19.2. The molecule has 0 unspecified atom stereocenters. The second kappa shape index (κ2) is 6.95. The van der Waals surface area contributed by atoms with Gasteiger partial charge >= 0.3 is 6.18 Å². The standard InChI is InChI=1S/C14H8ClF3N2O5/c15-10-5-7(14(16,17)18)1-4-12(10)25-8-2-3-11(20(23)24)9(6-8)13(21)19-22/h1-6,22H,(H,19,21). The van der Waals surface area contributed by atoms with Crippen LogP contribution in [0.5, 0.6) is 11.5 Å². The van der Waals surface area contributed by atoms with E-state index < -0.39 is 33.8 Å². The summed E-state index contributed by atoms with van der Waals surface area (Å²) in [5.74, 6) is -1.42. The molecule has 7 nitrogen and oxygen atoms in total. The minimum atomic E-state index is -4.58. The Labute approximate surface area is 142 Å². The lowest BCUT2D eigenvalue weighted by molar-refractivity contribution is -0.385. The maximum atomic E-state index is 12.6. The number of nitro groups is 1. The number of hydrogen-bond acceptors (Lipinski definition) is 5. The predicted molar refractivity (Wildman–Crippen MR) is 78.9 cm³/mol. The number of nitrogens with zero attached hydrogens (tertiary/aromatic N) is 1. The van der Waals surface area contributed by atoms with Crippen molar-refractivity contribution in [3.8, 4) is 11.5 Å². The normalized spacial score (nSPS) is 11.1. The zero-order valence-corrected chi connectivity index (χ0v) is 12.8. The van der Waals surface area contributed by atoms with Crippen molar-refractivity contribution in [3.05, 3.63) is 62.7 Å². The highest BCUT2D eigenvalue weighted by Crippen LogP contribution is 2.37. The molecule has 0 bridgehead atoms. The summed E-state index contributed by atoms with van der Waals surface area (Å²) in [6.07, 6.45) is -4.58. The van der Waals surface area contributed by atoms with Gasteiger partial charge in [-0.2, -0.15) is 13.2 Å². The van der Waals surface area contributed by atoms with Crippen molar-refractivity contribution in [2.45, 2.75) is 6.18 Å². The van der Waals surface area contributed by atoms with Gasteiger partial charge in [0.25, 0.3) is 11.6 Å². The third-order valence-corrected chi connectivity index (χ3v) is 3.29. The molecule has 0 saturated heterocycles. The number of carbonyl (C=O) groups is 1. The molecule has 25 heavy (non-hydrogen) atoms. The molecular formula is C14H8ClF3N2O5. The van der Waals surface area contributed by atoms with Crippen LogP contribution in [0.25, 0.3) is 0 Å². The van der Waals surface area contributed by atoms with Crippen molar-refractivity contribution in [1.82, 2.24) is 5.48 Å². The highest BCUT2D eigenvalue weighted by atomic mass is 35.5. The third-order valence-electron chi connectivity index (χ3n) is 3.00. The molecule has 2 N–H and O–H groups in total. The van der Waals surface area contributed by atoms with Crippen LogP contribution in [0.1, 0.15) is 15.9 Å². The van der Waals surface area contributed by atoms with E-state index in [9.17, 15) is 28.1 Å². The molecule has 2 rings (SSSR count). The lowest BCUT2D eigenvalue weighted by Crippen LogP contribution is -2.19. The fourth-order valence-electron chi connectivity index (χ4n) is 1.87. The Morgan fingerprint density at radius 3 is 2.44 bits per heavy atom. The van der Waals surface area contributed by atoms with Gasteiger partial charge in [-0.25, -0.2) is 5.48 Å². The van der Waals surface area contributed by atoms with Crippen LogP contribution in [0.15, 0.2) is 36.4 Å². The molecule has 0 aromatic heterocycles. The van der Waals surface area contributed by atoms with Crippen LogP contribution < -0.4 is 10.2 Å². The number of nitro benzene ring substituents is 1. The first-order valence-electron chi connectivity index (χ1n) is 6.41. The Bertz CT molecular complexity index is 842. The first-order chi connectivity index (χ1) is 11.6. The van der Waals surface area contributed by atoms with Gasteiger partial charge in [0, 0.05) is 12.1 Å². The number of carbonyl (C=O) groups excluding carboxylic acids is 1. The van der Waals surface area contributed by atoms with E-state index in [2.05, 4.69) is 0 Å². The van der Waals surface area contributed by atoms with Gasteiger partial charge in [0.15, 0.2) is 0 Å². The van der Waals surface area contributed by atoms with E-state index >= 15 is 0 Å². The lowest BCUT2D eigenvalue weighted by Gasteiger charge is -2.11. The molecule has 1 amide bonds. The molecule has 0 radical (unpaired) electrons. The molecule has 0 spiro atoms. The average Bonchev–Trinajstić information content (AvgIpc) is 2.54. The van der Waals surface area contributed by atoms with Gasteiger partial charge in [-0.15, -0.1) is 0 Å². The van der Waals surface area contributed by atoms with Gasteiger partial charge in [0.05, 0.1) is 15.5 Å². The van der Waals surface area contributed by atoms with Crippen molar-refractivity contribution in [1.29, 1.82) is 0 Å². The highest BCUT2D eigenvalue weighted by molar-refractivity contribution is 6.32. The molecule has 0 heterocycles. The number of alkyl halides is 3. The minimum Gasteiger partial charge on any atom is -0.456 e. The highest BCUT2D eigenvalue weighted by Gasteiger charge is 2.31. The molecule has 132 valence electrons. The van der Waals surface area contributed by atoms with E-state index in [0.717, 1.165) is 30.3 Å². The van der Waals surface area contributed by atoms with Gasteiger partial charge in [-0.05, 0) is 24.3 Å². The molecule has 0 fully saturated rings. The number of nitrogens with one attached hydrogen (secondary N) is 1. The Hall–Kier alpha value is -2.85. The third kappa shape index (κ3) is 4.17. The number of halogens is 4. The smallest absolute Gasteiger partial charge is 0.416 e. The fourth-order valence-corrected chi connectivity index (χ4v) is 2.09. The summed E-state index contributed by atoms with van der Waals surface area (Å²) < 4.78 is 43.1. The molecule has 0 atom stereocenters.